The van der Waals surface area contributed by atoms with E-state index in [1.807, 2.05) is 0 Å². The number of nitrogen functional groups attached to an aromatic ring is 1. The van der Waals surface area contributed by atoms with Crippen LogP contribution in [0.25, 0.3) is 34.0 Å². The lowest BCUT2D eigenvalue weighted by atomic mass is 10.0. The van der Waals surface area contributed by atoms with Crippen LogP contribution in [0.1, 0.15) is 11.1 Å². The zero-order valence-corrected chi connectivity index (χ0v) is 17.8. The lowest BCUT2D eigenvalue weighted by Gasteiger charge is -2.13. The maximum absolute atomic E-state index is 14.1. The summed E-state index contributed by atoms with van der Waals surface area (Å²) in [5, 5.41) is 4.24. The van der Waals surface area contributed by atoms with Gasteiger partial charge in [-0.25, -0.2) is 18.7 Å². The van der Waals surface area contributed by atoms with Crippen LogP contribution >= 0.6 is 0 Å². The molecular weight excluding hydrogens is 467 g/mol. The minimum Gasteiger partial charge on any atom is -0.399 e. The Hall–Kier alpha value is -4.41. The molecule has 176 valence electrons. The van der Waals surface area contributed by atoms with Crippen molar-refractivity contribution in [3.05, 3.63) is 89.9 Å². The van der Waals surface area contributed by atoms with Crippen molar-refractivity contribution in [2.24, 2.45) is 0 Å². The molecule has 3 heterocycles. The predicted octanol–water partition coefficient (Wildman–Crippen LogP) is 5.43. The summed E-state index contributed by atoms with van der Waals surface area (Å²) in [7, 11) is 0. The molecule has 0 unspecified atom stereocenters. The Labute approximate surface area is 195 Å². The van der Waals surface area contributed by atoms with Gasteiger partial charge < -0.3 is 5.73 Å². The van der Waals surface area contributed by atoms with Crippen molar-refractivity contribution in [2.75, 3.05) is 5.73 Å². The molecule has 0 aliphatic carbocycles. The number of rotatable bonds is 4. The smallest absolute Gasteiger partial charge is 0.399 e. The monoisotopic (exact) mass is 482 g/mol. The summed E-state index contributed by atoms with van der Waals surface area (Å²) in [4.78, 5) is 12.7. The van der Waals surface area contributed by atoms with E-state index < -0.39 is 23.4 Å². The Morgan fingerprint density at radius 1 is 0.857 bits per heavy atom. The number of fused-ring (bicyclic) bond motifs is 1. The molecule has 5 rings (SSSR count). The largest absolute Gasteiger partial charge is 0.417 e. The third-order valence-electron chi connectivity index (χ3n) is 5.30. The van der Waals surface area contributed by atoms with Crippen molar-refractivity contribution in [3.8, 4) is 34.0 Å². The van der Waals surface area contributed by atoms with E-state index in [0.717, 1.165) is 12.1 Å². The summed E-state index contributed by atoms with van der Waals surface area (Å²) in [6.07, 6.45) is -0.101. The topological polar surface area (TPSA) is 82.5 Å². The van der Waals surface area contributed by atoms with E-state index in [2.05, 4.69) is 20.1 Å². The fraction of sp³-hybridized carbons (Fsp3) is 0.0833. The van der Waals surface area contributed by atoms with Gasteiger partial charge in [-0.05, 0) is 35.9 Å². The molecule has 0 saturated heterocycles. The molecule has 1 aromatic heterocycles. The number of nitrogens with two attached hydrogens (primary N) is 1. The molecule has 6 nitrogen and oxygen atoms in total. The van der Waals surface area contributed by atoms with Gasteiger partial charge in [-0.2, -0.15) is 18.3 Å². The summed E-state index contributed by atoms with van der Waals surface area (Å²) < 4.78 is 69.4. The summed E-state index contributed by atoms with van der Waals surface area (Å²) >= 11 is 0. The molecule has 0 bridgehead atoms. The van der Waals surface area contributed by atoms with E-state index in [1.54, 1.807) is 12.3 Å². The number of alkyl halides is 3. The highest BCUT2D eigenvalue weighted by atomic mass is 19.4. The van der Waals surface area contributed by atoms with Crippen molar-refractivity contribution >= 4 is 5.69 Å². The number of nitrogens with zero attached hydrogens (tertiary/aromatic N) is 5. The average molecular weight is 482 g/mol. The highest BCUT2D eigenvalue weighted by Gasteiger charge is 2.34. The fourth-order valence-electron chi connectivity index (χ4n) is 3.63. The van der Waals surface area contributed by atoms with Gasteiger partial charge >= 0.3 is 6.18 Å². The Bertz CT molecular complexity index is 1490. The lowest BCUT2D eigenvalue weighted by molar-refractivity contribution is -0.137. The third-order valence-corrected chi connectivity index (χ3v) is 5.30. The molecule has 2 aliphatic heterocycles. The lowest BCUT2D eigenvalue weighted by Crippen LogP contribution is -2.09. The highest BCUT2D eigenvalue weighted by Crippen LogP contribution is 2.37. The van der Waals surface area contributed by atoms with E-state index >= 15 is 0 Å². The first kappa shape index (κ1) is 22.4. The molecule has 0 saturated carbocycles. The number of benzene rings is 2. The molecule has 0 amide bonds. The average Bonchev–Trinajstić information content (AvgIpc) is 3.24. The standard InChI is InChI=1S/C24H15F5N6/c25-18-3-1-2-16(22(18)26)23-33-20-10-32-35(12-21(20)34-23)11-13-4-7-19(31-9-13)15-6-5-14(30)8-17(15)24(27,28)29/h1-10,12H,11,30H2. The van der Waals surface area contributed by atoms with Gasteiger partial charge in [0.25, 0.3) is 0 Å². The third kappa shape index (κ3) is 4.39. The number of pyridine rings is 1. The van der Waals surface area contributed by atoms with Gasteiger partial charge in [0.15, 0.2) is 17.5 Å². The Morgan fingerprint density at radius 3 is 2.40 bits per heavy atom. The molecule has 0 fully saturated rings. The van der Waals surface area contributed by atoms with Gasteiger partial charge in [-0.15, -0.1) is 0 Å². The first-order valence-corrected chi connectivity index (χ1v) is 10.3. The van der Waals surface area contributed by atoms with E-state index in [0.29, 0.717) is 17.0 Å². The number of hydrogen-bond donors (Lipinski definition) is 1. The summed E-state index contributed by atoms with van der Waals surface area (Å²) in [5.74, 6) is -2.00. The van der Waals surface area contributed by atoms with Crippen LogP contribution < -0.4 is 5.73 Å². The number of anilines is 1. The van der Waals surface area contributed by atoms with Crippen LogP contribution in [0.4, 0.5) is 27.6 Å². The maximum atomic E-state index is 14.1. The highest BCUT2D eigenvalue weighted by molar-refractivity contribution is 5.68. The van der Waals surface area contributed by atoms with Crippen LogP contribution in [-0.2, 0) is 12.7 Å². The van der Waals surface area contributed by atoms with Crippen molar-refractivity contribution in [2.45, 2.75) is 12.7 Å². The Morgan fingerprint density at radius 2 is 1.66 bits per heavy atom. The zero-order valence-electron chi connectivity index (χ0n) is 17.8. The van der Waals surface area contributed by atoms with Gasteiger partial charge in [0.2, 0.25) is 0 Å². The van der Waals surface area contributed by atoms with Gasteiger partial charge in [-0.1, -0.05) is 18.2 Å². The summed E-state index contributed by atoms with van der Waals surface area (Å²) in [6.45, 7) is 0.244. The van der Waals surface area contributed by atoms with E-state index in [9.17, 15) is 22.0 Å². The normalized spacial score (nSPS) is 11.8. The SMILES string of the molecule is Nc1ccc(-c2ccc(Cn3cc4nc(-c5cccc(F)c5F)nc-4cn3)cn2)c(C(F)(F)F)c1. The van der Waals surface area contributed by atoms with Gasteiger partial charge in [0, 0.05) is 17.4 Å². The second-order valence-corrected chi connectivity index (χ2v) is 7.74. The number of imidazole rings is 1. The second-order valence-electron chi connectivity index (χ2n) is 7.74. The quantitative estimate of drug-likeness (QED) is 0.273. The number of aromatic nitrogens is 5. The van der Waals surface area contributed by atoms with E-state index in [4.69, 9.17) is 5.73 Å². The molecule has 2 N–H and O–H groups in total. The Balaban J connectivity index is 1.41. The fourth-order valence-corrected chi connectivity index (χ4v) is 3.63. The number of halogens is 5. The second kappa shape index (κ2) is 8.42. The summed E-state index contributed by atoms with van der Waals surface area (Å²) in [6, 6.07) is 10.4. The molecule has 2 aromatic carbocycles. The number of hydrogen-bond acceptors (Lipinski definition) is 5. The molecule has 3 aromatic rings. The maximum Gasteiger partial charge on any atom is 0.417 e. The molecule has 0 atom stereocenters. The molecule has 2 aliphatic rings. The van der Waals surface area contributed by atoms with Crippen LogP contribution in [-0.4, -0.2) is 24.7 Å². The van der Waals surface area contributed by atoms with E-state index in [1.165, 1.54) is 47.4 Å². The van der Waals surface area contributed by atoms with Crippen molar-refractivity contribution in [1.82, 2.24) is 24.7 Å². The zero-order chi connectivity index (χ0) is 24.7. The molecule has 11 heteroatoms. The van der Waals surface area contributed by atoms with Gasteiger partial charge in [0.1, 0.15) is 11.4 Å². The minimum atomic E-state index is -4.58. The first-order valence-electron chi connectivity index (χ1n) is 10.3. The minimum absolute atomic E-state index is 0.00877. The van der Waals surface area contributed by atoms with Gasteiger partial charge in [-0.3, -0.25) is 9.67 Å². The first-order chi connectivity index (χ1) is 16.7. The Kier molecular flexibility index (Phi) is 5.39. The molecule has 0 radical (unpaired) electrons. The van der Waals surface area contributed by atoms with Crippen LogP contribution in [0.5, 0.6) is 0 Å². The molecule has 0 spiro atoms. The van der Waals surface area contributed by atoms with Gasteiger partial charge in [0.05, 0.1) is 35.8 Å². The van der Waals surface area contributed by atoms with Crippen molar-refractivity contribution < 1.29 is 22.0 Å². The molecular formula is C24H15F5N6. The summed E-state index contributed by atoms with van der Waals surface area (Å²) in [5.41, 5.74) is 6.18. The van der Waals surface area contributed by atoms with Crippen LogP contribution in [0.15, 0.2) is 67.1 Å². The van der Waals surface area contributed by atoms with Crippen LogP contribution in [0.3, 0.4) is 0 Å². The van der Waals surface area contributed by atoms with E-state index in [-0.39, 0.29) is 34.9 Å². The van der Waals surface area contributed by atoms with Crippen molar-refractivity contribution in [3.63, 3.8) is 0 Å². The molecule has 35 heavy (non-hydrogen) atoms. The van der Waals surface area contributed by atoms with Crippen molar-refractivity contribution in [1.29, 1.82) is 0 Å². The van der Waals surface area contributed by atoms with Crippen LogP contribution in [0.2, 0.25) is 0 Å². The van der Waals surface area contributed by atoms with Crippen LogP contribution in [0, 0.1) is 11.6 Å². The predicted molar refractivity (Wildman–Crippen MR) is 118 cm³/mol.